The zero-order valence-electron chi connectivity index (χ0n) is 14.3. The van der Waals surface area contributed by atoms with E-state index in [0.717, 1.165) is 24.8 Å². The van der Waals surface area contributed by atoms with Crippen LogP contribution in [0.5, 0.6) is 0 Å². The lowest BCUT2D eigenvalue weighted by Gasteiger charge is -2.21. The van der Waals surface area contributed by atoms with Crippen LogP contribution in [0.3, 0.4) is 0 Å². The second-order valence-electron chi connectivity index (χ2n) is 6.88. The second kappa shape index (κ2) is 7.28. The van der Waals surface area contributed by atoms with Crippen molar-refractivity contribution in [3.63, 3.8) is 0 Å². The molecule has 1 amide bonds. The summed E-state index contributed by atoms with van der Waals surface area (Å²) in [7, 11) is 0. The first-order chi connectivity index (χ1) is 10.5. The summed E-state index contributed by atoms with van der Waals surface area (Å²) in [6, 6.07) is 6.17. The summed E-state index contributed by atoms with van der Waals surface area (Å²) in [4.78, 5) is 14.5. The molecule has 22 heavy (non-hydrogen) atoms. The van der Waals surface area contributed by atoms with Crippen LogP contribution in [0.2, 0.25) is 0 Å². The fraction of sp³-hybridized carbons (Fsp3) is 0.632. The maximum atomic E-state index is 12.5. The Balaban J connectivity index is 2.10. The molecule has 3 heteroatoms. The maximum Gasteiger partial charge on any atom is 0.226 e. The molecule has 0 saturated heterocycles. The molecular formula is C19H29NO2. The Morgan fingerprint density at radius 1 is 1.18 bits per heavy atom. The monoisotopic (exact) mass is 303 g/mol. The van der Waals surface area contributed by atoms with Crippen molar-refractivity contribution in [3.05, 3.63) is 34.9 Å². The van der Waals surface area contributed by atoms with E-state index in [9.17, 15) is 9.90 Å². The van der Waals surface area contributed by atoms with Crippen molar-refractivity contribution in [2.24, 2.45) is 11.8 Å². The molecular weight excluding hydrogens is 274 g/mol. The lowest BCUT2D eigenvalue weighted by atomic mass is 9.97. The van der Waals surface area contributed by atoms with E-state index < -0.39 is 6.10 Å². The van der Waals surface area contributed by atoms with Crippen LogP contribution in [0.15, 0.2) is 18.2 Å². The molecule has 1 atom stereocenters. The highest BCUT2D eigenvalue weighted by atomic mass is 16.3. The zero-order chi connectivity index (χ0) is 16.3. The quantitative estimate of drug-likeness (QED) is 0.861. The van der Waals surface area contributed by atoms with Gasteiger partial charge in [-0.1, -0.05) is 45.9 Å². The number of amides is 1. The number of carbonyl (C=O) groups is 1. The molecule has 0 fully saturated rings. The number of hydrogen-bond donors (Lipinski definition) is 1. The third kappa shape index (κ3) is 3.70. The predicted molar refractivity (Wildman–Crippen MR) is 89.2 cm³/mol. The number of nitrogens with zero attached hydrogens (tertiary/aromatic N) is 1. The minimum absolute atomic E-state index is 0.139. The van der Waals surface area contributed by atoms with Crippen LogP contribution >= 0.6 is 0 Å². The van der Waals surface area contributed by atoms with Gasteiger partial charge in [-0.05, 0) is 41.9 Å². The third-order valence-corrected chi connectivity index (χ3v) is 4.68. The van der Waals surface area contributed by atoms with Crippen LogP contribution in [-0.2, 0) is 17.9 Å². The van der Waals surface area contributed by atoms with E-state index in [1.807, 2.05) is 11.0 Å². The molecule has 1 aromatic carbocycles. The molecule has 0 aliphatic carbocycles. The molecule has 0 spiro atoms. The summed E-state index contributed by atoms with van der Waals surface area (Å²) in [5.41, 5.74) is 3.39. The van der Waals surface area contributed by atoms with Crippen LogP contribution in [0.1, 0.15) is 69.8 Å². The van der Waals surface area contributed by atoms with E-state index in [-0.39, 0.29) is 11.8 Å². The number of aliphatic hydroxyl groups excluding tert-OH is 1. The average molecular weight is 303 g/mol. The first-order valence-electron chi connectivity index (χ1n) is 8.54. The molecule has 1 aliphatic heterocycles. The smallest absolute Gasteiger partial charge is 0.226 e. The number of hydrogen-bond acceptors (Lipinski definition) is 2. The number of fused-ring (bicyclic) bond motifs is 1. The number of rotatable bonds is 6. The van der Waals surface area contributed by atoms with Crippen LogP contribution in [-0.4, -0.2) is 15.9 Å². The van der Waals surface area contributed by atoms with Gasteiger partial charge in [0.1, 0.15) is 0 Å². The zero-order valence-corrected chi connectivity index (χ0v) is 14.3. The van der Waals surface area contributed by atoms with Gasteiger partial charge in [0, 0.05) is 19.0 Å². The molecule has 1 heterocycles. The Hall–Kier alpha value is -1.35. The highest BCUT2D eigenvalue weighted by Crippen LogP contribution is 2.29. The predicted octanol–water partition coefficient (Wildman–Crippen LogP) is 4.04. The number of carbonyl (C=O) groups excluding carboxylic acids is 1. The van der Waals surface area contributed by atoms with Crippen LogP contribution < -0.4 is 0 Å². The van der Waals surface area contributed by atoms with Gasteiger partial charge in [-0.15, -0.1) is 0 Å². The van der Waals surface area contributed by atoms with E-state index in [1.54, 1.807) is 0 Å². The Bertz CT molecular complexity index is 520. The van der Waals surface area contributed by atoms with Gasteiger partial charge in [-0.3, -0.25) is 4.79 Å². The molecule has 1 aromatic rings. The minimum atomic E-state index is -0.408. The van der Waals surface area contributed by atoms with E-state index in [2.05, 4.69) is 39.8 Å². The Morgan fingerprint density at radius 3 is 2.41 bits per heavy atom. The summed E-state index contributed by atoms with van der Waals surface area (Å²) in [6.07, 6.45) is 2.17. The standard InChI is InChI=1S/C19H29NO2/c1-5-14(6-2)19(22)20-11-16-8-7-15(10-17(16)12-20)18(21)9-13(3)4/h7-8,10,13-14,18,21H,5-6,9,11-12H2,1-4H3. The van der Waals surface area contributed by atoms with Gasteiger partial charge < -0.3 is 10.0 Å². The molecule has 0 bridgehead atoms. The van der Waals surface area contributed by atoms with Crippen molar-refractivity contribution in [3.8, 4) is 0 Å². The van der Waals surface area contributed by atoms with Crippen molar-refractivity contribution in [1.29, 1.82) is 0 Å². The van der Waals surface area contributed by atoms with E-state index in [0.29, 0.717) is 19.0 Å². The second-order valence-corrected chi connectivity index (χ2v) is 6.88. The molecule has 0 saturated carbocycles. The SMILES string of the molecule is CCC(CC)C(=O)N1Cc2ccc(C(O)CC(C)C)cc2C1. The molecule has 1 unspecified atom stereocenters. The molecule has 0 radical (unpaired) electrons. The highest BCUT2D eigenvalue weighted by molar-refractivity contribution is 5.79. The van der Waals surface area contributed by atoms with Gasteiger partial charge >= 0.3 is 0 Å². The molecule has 3 nitrogen and oxygen atoms in total. The Labute approximate surface area is 134 Å². The molecule has 122 valence electrons. The van der Waals surface area contributed by atoms with Crippen molar-refractivity contribution >= 4 is 5.91 Å². The van der Waals surface area contributed by atoms with Crippen LogP contribution in [0, 0.1) is 11.8 Å². The average Bonchev–Trinajstić information content (AvgIpc) is 2.90. The van der Waals surface area contributed by atoms with Gasteiger partial charge in [0.2, 0.25) is 5.91 Å². The van der Waals surface area contributed by atoms with Crippen molar-refractivity contribution in [2.45, 2.75) is 66.2 Å². The number of aliphatic hydroxyl groups is 1. The third-order valence-electron chi connectivity index (χ3n) is 4.68. The van der Waals surface area contributed by atoms with Gasteiger partial charge in [0.05, 0.1) is 6.10 Å². The number of benzene rings is 1. The topological polar surface area (TPSA) is 40.5 Å². The van der Waals surface area contributed by atoms with Gasteiger partial charge in [0.25, 0.3) is 0 Å². The molecule has 1 aliphatic rings. The minimum Gasteiger partial charge on any atom is -0.388 e. The molecule has 2 rings (SSSR count). The lowest BCUT2D eigenvalue weighted by Crippen LogP contribution is -2.31. The molecule has 1 N–H and O–H groups in total. The fourth-order valence-corrected chi connectivity index (χ4v) is 3.26. The first kappa shape index (κ1) is 17.0. The first-order valence-corrected chi connectivity index (χ1v) is 8.54. The summed E-state index contributed by atoms with van der Waals surface area (Å²) in [6.45, 7) is 9.79. The normalized spacial score (nSPS) is 15.5. The van der Waals surface area contributed by atoms with Crippen molar-refractivity contribution in [2.75, 3.05) is 0 Å². The Morgan fingerprint density at radius 2 is 1.82 bits per heavy atom. The van der Waals surface area contributed by atoms with Gasteiger partial charge in [-0.25, -0.2) is 0 Å². The van der Waals surface area contributed by atoms with Crippen LogP contribution in [0.4, 0.5) is 0 Å². The summed E-state index contributed by atoms with van der Waals surface area (Å²) in [5.74, 6) is 0.877. The van der Waals surface area contributed by atoms with Gasteiger partial charge in [-0.2, -0.15) is 0 Å². The maximum absolute atomic E-state index is 12.5. The van der Waals surface area contributed by atoms with Crippen molar-refractivity contribution in [1.82, 2.24) is 4.90 Å². The highest BCUT2D eigenvalue weighted by Gasteiger charge is 2.27. The fourth-order valence-electron chi connectivity index (χ4n) is 3.26. The van der Waals surface area contributed by atoms with Gasteiger partial charge in [0.15, 0.2) is 0 Å². The summed E-state index contributed by atoms with van der Waals surface area (Å²) < 4.78 is 0. The Kier molecular flexibility index (Phi) is 5.63. The summed E-state index contributed by atoms with van der Waals surface area (Å²) >= 11 is 0. The largest absolute Gasteiger partial charge is 0.388 e. The van der Waals surface area contributed by atoms with E-state index in [4.69, 9.17) is 0 Å². The van der Waals surface area contributed by atoms with E-state index in [1.165, 1.54) is 11.1 Å². The van der Waals surface area contributed by atoms with E-state index >= 15 is 0 Å². The molecule has 0 aromatic heterocycles. The van der Waals surface area contributed by atoms with Crippen LogP contribution in [0.25, 0.3) is 0 Å². The lowest BCUT2D eigenvalue weighted by molar-refractivity contribution is -0.136. The van der Waals surface area contributed by atoms with Crippen molar-refractivity contribution < 1.29 is 9.90 Å². The summed E-state index contributed by atoms with van der Waals surface area (Å²) in [5, 5.41) is 10.3.